The number of hydrogen-bond acceptors (Lipinski definition) is 6. The van der Waals surface area contributed by atoms with Crippen molar-refractivity contribution >= 4 is 23.4 Å². The van der Waals surface area contributed by atoms with Crippen LogP contribution in [0.15, 0.2) is 65.3 Å². The summed E-state index contributed by atoms with van der Waals surface area (Å²) in [4.78, 5) is 63.4. The molecule has 2 aromatic rings. The van der Waals surface area contributed by atoms with E-state index in [1.54, 1.807) is 18.2 Å². The average molecular weight is 678 g/mol. The third-order valence-electron chi connectivity index (χ3n) is 9.56. The molecule has 2 aromatic heterocycles. The lowest BCUT2D eigenvalue weighted by Crippen LogP contribution is -2.64. The quantitative estimate of drug-likeness (QED) is 0.332. The van der Waals surface area contributed by atoms with Crippen molar-refractivity contribution < 1.29 is 45.8 Å². The summed E-state index contributed by atoms with van der Waals surface area (Å²) in [5.41, 5.74) is -3.02. The molecule has 2 aliphatic carbocycles. The molecular formula is C32H29F6N5O5. The number of pyridine rings is 1. The molecule has 4 aliphatic rings. The molecule has 2 aliphatic heterocycles. The molecule has 6 rings (SSSR count). The van der Waals surface area contributed by atoms with E-state index < -0.39 is 58.4 Å². The Kier molecular flexibility index (Phi) is 8.11. The number of nitrogens with zero attached hydrogens (tertiary/aromatic N) is 4. The average Bonchev–Trinajstić information content (AvgIpc) is 3.76. The second-order valence-electron chi connectivity index (χ2n) is 12.8. The van der Waals surface area contributed by atoms with Gasteiger partial charge in [-0.05, 0) is 37.0 Å². The number of rotatable bonds is 7. The molecule has 2 saturated heterocycles. The number of likely N-dealkylation sites (tertiary alicyclic amines) is 2. The summed E-state index contributed by atoms with van der Waals surface area (Å²) in [5, 5.41) is 10.2. The van der Waals surface area contributed by atoms with Crippen molar-refractivity contribution in [1.29, 1.82) is 0 Å². The van der Waals surface area contributed by atoms with E-state index in [1.807, 2.05) is 0 Å². The van der Waals surface area contributed by atoms with Crippen molar-refractivity contribution in [3.8, 4) is 0 Å². The van der Waals surface area contributed by atoms with E-state index in [2.05, 4.69) is 15.0 Å². The Morgan fingerprint density at radius 1 is 1.06 bits per heavy atom. The minimum absolute atomic E-state index is 0.00333. The van der Waals surface area contributed by atoms with Gasteiger partial charge in [0.05, 0.1) is 17.8 Å². The van der Waals surface area contributed by atoms with Gasteiger partial charge < -0.3 is 19.9 Å². The summed E-state index contributed by atoms with van der Waals surface area (Å²) < 4.78 is 80.4. The lowest BCUT2D eigenvalue weighted by molar-refractivity contribution is -0.205. The minimum atomic E-state index is -4.71. The van der Waals surface area contributed by atoms with E-state index >= 15 is 0 Å². The normalized spacial score (nSPS) is 23.1. The van der Waals surface area contributed by atoms with Gasteiger partial charge in [-0.1, -0.05) is 30.4 Å². The Hall–Kier alpha value is -4.76. The summed E-state index contributed by atoms with van der Waals surface area (Å²) in [6.45, 7) is -0.299. The first kappa shape index (κ1) is 33.2. The van der Waals surface area contributed by atoms with E-state index in [0.29, 0.717) is 17.0 Å². The van der Waals surface area contributed by atoms with E-state index in [1.165, 1.54) is 23.1 Å². The van der Waals surface area contributed by atoms with Crippen LogP contribution in [0.5, 0.6) is 0 Å². The van der Waals surface area contributed by atoms with Crippen LogP contribution in [0, 0.1) is 22.7 Å². The fourth-order valence-electron chi connectivity index (χ4n) is 6.67. The van der Waals surface area contributed by atoms with E-state index in [0.717, 1.165) is 23.4 Å². The molecule has 10 nitrogen and oxygen atoms in total. The van der Waals surface area contributed by atoms with Gasteiger partial charge in [-0.3, -0.25) is 19.4 Å². The van der Waals surface area contributed by atoms with Crippen LogP contribution >= 0.6 is 0 Å². The van der Waals surface area contributed by atoms with Crippen LogP contribution in [0.4, 0.5) is 26.3 Å². The molecule has 3 fully saturated rings. The van der Waals surface area contributed by atoms with Gasteiger partial charge in [-0.15, -0.1) is 0 Å². The number of allylic oxidation sites excluding steroid dienone is 4. The van der Waals surface area contributed by atoms with Gasteiger partial charge in [0.1, 0.15) is 11.1 Å². The predicted octanol–water partition coefficient (Wildman–Crippen LogP) is 4.18. The van der Waals surface area contributed by atoms with Crippen LogP contribution in [0.2, 0.25) is 0 Å². The highest BCUT2D eigenvalue weighted by Gasteiger charge is 2.71. The third kappa shape index (κ3) is 6.15. The van der Waals surface area contributed by atoms with Gasteiger partial charge in [0.2, 0.25) is 5.91 Å². The third-order valence-corrected chi connectivity index (χ3v) is 9.56. The van der Waals surface area contributed by atoms with Crippen molar-refractivity contribution in [2.75, 3.05) is 26.2 Å². The molecule has 2 amide bonds. The molecule has 1 saturated carbocycles. The van der Waals surface area contributed by atoms with Gasteiger partial charge in [0.25, 0.3) is 11.5 Å². The number of aromatic nitrogens is 3. The monoisotopic (exact) mass is 677 g/mol. The highest BCUT2D eigenvalue weighted by atomic mass is 19.4. The highest BCUT2D eigenvalue weighted by molar-refractivity contribution is 5.93. The van der Waals surface area contributed by atoms with Crippen LogP contribution in [-0.2, 0) is 16.0 Å². The van der Waals surface area contributed by atoms with Crippen molar-refractivity contribution in [3.63, 3.8) is 0 Å². The fourth-order valence-corrected chi connectivity index (χ4v) is 6.67. The number of amides is 2. The number of nitrogens with one attached hydrogen (secondary N) is 1. The summed E-state index contributed by atoms with van der Waals surface area (Å²) >= 11 is 0. The van der Waals surface area contributed by atoms with Crippen LogP contribution in [0.25, 0.3) is 5.57 Å². The van der Waals surface area contributed by atoms with Crippen molar-refractivity contribution in [3.05, 3.63) is 87.9 Å². The second-order valence-corrected chi connectivity index (χ2v) is 12.8. The van der Waals surface area contributed by atoms with Gasteiger partial charge in [-0.25, -0.2) is 9.78 Å². The number of H-pyrrole nitrogens is 1. The van der Waals surface area contributed by atoms with Crippen molar-refractivity contribution in [2.45, 2.75) is 38.0 Å². The molecular weight excluding hydrogens is 648 g/mol. The molecule has 0 radical (unpaired) electrons. The number of alkyl halides is 6. The van der Waals surface area contributed by atoms with Gasteiger partial charge in [0.15, 0.2) is 0 Å². The first-order valence-electron chi connectivity index (χ1n) is 15.1. The number of carbonyl (C=O) groups is 3. The topological polar surface area (TPSA) is 137 Å². The van der Waals surface area contributed by atoms with Crippen LogP contribution in [-0.4, -0.2) is 86.2 Å². The molecule has 16 heteroatoms. The molecule has 2 unspecified atom stereocenters. The predicted molar refractivity (Wildman–Crippen MR) is 156 cm³/mol. The molecule has 0 bridgehead atoms. The SMILES string of the molecule is O=C(O)/C(=C\C1CN(C(=O)c2c[nH]c(=O)cn2)CC12CN(C(=O)C1(C(F)(F)F)CC1)C2)Cc1cccc(C2=CCC(C(F)(F)F)C=C2)n1. The number of aliphatic carboxylic acids is 1. The highest BCUT2D eigenvalue weighted by Crippen LogP contribution is 2.60. The molecule has 4 heterocycles. The lowest BCUT2D eigenvalue weighted by atomic mass is 9.70. The zero-order valence-electron chi connectivity index (χ0n) is 25.1. The molecule has 0 aromatic carbocycles. The van der Waals surface area contributed by atoms with Gasteiger partial charge in [0, 0.05) is 61.4 Å². The molecule has 254 valence electrons. The number of hydrogen-bond donors (Lipinski definition) is 2. The Bertz CT molecular complexity index is 1780. The maximum atomic E-state index is 13.7. The zero-order chi connectivity index (χ0) is 34.6. The van der Waals surface area contributed by atoms with E-state index in [9.17, 15) is 50.6 Å². The Balaban J connectivity index is 1.25. The number of carboxylic acid groups (broad SMARTS) is 1. The minimum Gasteiger partial charge on any atom is -0.478 e. The standard InChI is InChI=1S/C32H29F6N5O5/c33-31(34,35)20-6-4-18(5-7-20)23-3-1-2-22(41-23)11-19(27(46)47)10-21-14-42(26(45)24-12-40-25(44)13-39-24)15-29(21)16-43(17-29)28(48)30(8-9-30)32(36,37)38/h1-6,10,12-13,20-21H,7-9,11,14-17H2,(H,40,44)(H,46,47)/b19-10-. The summed E-state index contributed by atoms with van der Waals surface area (Å²) in [7, 11) is 0. The number of carboxylic acids is 1. The first-order valence-corrected chi connectivity index (χ1v) is 15.1. The van der Waals surface area contributed by atoms with Crippen molar-refractivity contribution in [2.24, 2.45) is 22.7 Å². The summed E-state index contributed by atoms with van der Waals surface area (Å²) in [5.74, 6) is -5.24. The molecule has 48 heavy (non-hydrogen) atoms. The molecule has 2 atom stereocenters. The first-order chi connectivity index (χ1) is 22.5. The largest absolute Gasteiger partial charge is 0.478 e. The van der Waals surface area contributed by atoms with Crippen LogP contribution in [0.3, 0.4) is 0 Å². The van der Waals surface area contributed by atoms with Crippen LogP contribution in [0.1, 0.15) is 41.1 Å². The Morgan fingerprint density at radius 2 is 1.77 bits per heavy atom. The fraction of sp³-hybridized carbons (Fsp3) is 0.438. The maximum absolute atomic E-state index is 13.7. The number of halogens is 6. The van der Waals surface area contributed by atoms with Gasteiger partial charge >= 0.3 is 18.3 Å². The Labute approximate surface area is 268 Å². The second kappa shape index (κ2) is 11.7. The maximum Gasteiger partial charge on any atom is 0.403 e. The smallest absolute Gasteiger partial charge is 0.403 e. The zero-order valence-corrected chi connectivity index (χ0v) is 25.1. The van der Waals surface area contributed by atoms with Crippen molar-refractivity contribution in [1.82, 2.24) is 24.8 Å². The van der Waals surface area contributed by atoms with E-state index in [4.69, 9.17) is 0 Å². The van der Waals surface area contributed by atoms with E-state index in [-0.39, 0.29) is 63.1 Å². The Morgan fingerprint density at radius 3 is 2.33 bits per heavy atom. The van der Waals surface area contributed by atoms with Gasteiger partial charge in [-0.2, -0.15) is 26.3 Å². The summed E-state index contributed by atoms with van der Waals surface area (Å²) in [6, 6.07) is 4.75. The summed E-state index contributed by atoms with van der Waals surface area (Å²) in [6.07, 6.45) is -2.91. The molecule has 1 spiro atoms. The lowest BCUT2D eigenvalue weighted by Gasteiger charge is -2.51. The van der Waals surface area contributed by atoms with Crippen LogP contribution < -0.4 is 5.56 Å². The number of aromatic amines is 1. The molecule has 2 N–H and O–H groups in total. The number of carbonyl (C=O) groups excluding carboxylic acids is 2.